The molecule has 0 unspecified atom stereocenters. The first kappa shape index (κ1) is 17.2. The summed E-state index contributed by atoms with van der Waals surface area (Å²) < 4.78 is 0. The van der Waals surface area contributed by atoms with E-state index in [1.807, 2.05) is 30.8 Å². The Balaban J connectivity index is 1.91. The highest BCUT2D eigenvalue weighted by atomic mass is 32.2. The molecule has 1 saturated carbocycles. The minimum Gasteiger partial charge on any atom is -0.388 e. The molecule has 22 heavy (non-hydrogen) atoms. The fourth-order valence-electron chi connectivity index (χ4n) is 2.40. The second-order valence-corrected chi connectivity index (χ2v) is 7.90. The highest BCUT2D eigenvalue weighted by Gasteiger charge is 2.34. The third kappa shape index (κ3) is 4.65. The second-order valence-electron chi connectivity index (χ2n) is 6.34. The zero-order valence-corrected chi connectivity index (χ0v) is 14.4. The lowest BCUT2D eigenvalue weighted by atomic mass is 9.80. The van der Waals surface area contributed by atoms with Crippen LogP contribution in [0.5, 0.6) is 0 Å². The number of thioether (sulfide) groups is 1. The monoisotopic (exact) mass is 322 g/mol. The Morgan fingerprint density at radius 1 is 1.41 bits per heavy atom. The molecule has 1 aliphatic carbocycles. The average molecular weight is 322 g/mol. The van der Waals surface area contributed by atoms with E-state index in [1.165, 1.54) is 5.56 Å². The lowest BCUT2D eigenvalue weighted by Gasteiger charge is -2.36. The molecule has 0 radical (unpaired) electrons. The van der Waals surface area contributed by atoms with Gasteiger partial charge in [0.1, 0.15) is 0 Å². The van der Waals surface area contributed by atoms with E-state index in [0.717, 1.165) is 36.3 Å². The summed E-state index contributed by atoms with van der Waals surface area (Å²) in [7, 11) is 0. The van der Waals surface area contributed by atoms with Crippen LogP contribution >= 0.6 is 11.8 Å². The molecule has 0 heterocycles. The third-order valence-corrected chi connectivity index (χ3v) is 5.27. The van der Waals surface area contributed by atoms with E-state index in [-0.39, 0.29) is 6.03 Å². The molecule has 0 aliphatic heterocycles. The zero-order chi connectivity index (χ0) is 16.2. The Kier molecular flexibility index (Phi) is 5.75. The Bertz CT molecular complexity index is 527. The van der Waals surface area contributed by atoms with Crippen molar-refractivity contribution >= 4 is 23.5 Å². The number of anilines is 1. The molecular weight excluding hydrogens is 296 g/mol. The number of rotatable bonds is 6. The number of benzene rings is 1. The first-order valence-corrected chi connectivity index (χ1v) is 8.92. The van der Waals surface area contributed by atoms with Crippen LogP contribution in [0.1, 0.15) is 44.2 Å². The number of aliphatic hydroxyl groups is 1. The van der Waals surface area contributed by atoms with Gasteiger partial charge in [-0.25, -0.2) is 4.79 Å². The fourth-order valence-corrected chi connectivity index (χ4v) is 3.23. The fraction of sp³-hybridized carbons (Fsp3) is 0.588. The van der Waals surface area contributed by atoms with Crippen LogP contribution in [0.2, 0.25) is 0 Å². The average Bonchev–Trinajstić information content (AvgIpc) is 2.44. The summed E-state index contributed by atoms with van der Waals surface area (Å²) in [6, 6.07) is 5.73. The van der Waals surface area contributed by atoms with Crippen molar-refractivity contribution in [1.82, 2.24) is 5.32 Å². The van der Waals surface area contributed by atoms with Crippen LogP contribution in [0.3, 0.4) is 0 Å². The molecule has 0 spiro atoms. The molecule has 0 bridgehead atoms. The number of hydrogen-bond donors (Lipinski definition) is 3. The molecule has 2 amide bonds. The number of amides is 2. The van der Waals surface area contributed by atoms with E-state index >= 15 is 0 Å². The lowest BCUT2D eigenvalue weighted by Crippen LogP contribution is -2.48. The van der Waals surface area contributed by atoms with Crippen LogP contribution in [0, 0.1) is 6.92 Å². The number of carbonyl (C=O) groups excluding carboxylic acids is 1. The van der Waals surface area contributed by atoms with Gasteiger partial charge < -0.3 is 15.7 Å². The lowest BCUT2D eigenvalue weighted by molar-refractivity contribution is -0.0287. The first-order valence-electron chi connectivity index (χ1n) is 7.87. The van der Waals surface area contributed by atoms with Crippen molar-refractivity contribution in [2.24, 2.45) is 0 Å². The van der Waals surface area contributed by atoms with Crippen LogP contribution in [0.4, 0.5) is 10.5 Å². The normalized spacial score (nSPS) is 16.2. The Morgan fingerprint density at radius 3 is 2.73 bits per heavy atom. The SMILES string of the molecule is Cc1c(CSC(C)C)cccc1NC(=O)NCC1(O)CCC1. The van der Waals surface area contributed by atoms with Crippen molar-refractivity contribution in [2.45, 2.75) is 56.6 Å². The van der Waals surface area contributed by atoms with Crippen LogP contribution in [0.25, 0.3) is 0 Å². The van der Waals surface area contributed by atoms with Gasteiger partial charge in [0.2, 0.25) is 0 Å². The van der Waals surface area contributed by atoms with Crippen molar-refractivity contribution in [3.8, 4) is 0 Å². The van der Waals surface area contributed by atoms with Crippen molar-refractivity contribution in [2.75, 3.05) is 11.9 Å². The zero-order valence-electron chi connectivity index (χ0n) is 13.6. The molecule has 1 aliphatic rings. The molecule has 1 fully saturated rings. The van der Waals surface area contributed by atoms with Gasteiger partial charge in [-0.3, -0.25) is 0 Å². The van der Waals surface area contributed by atoms with E-state index < -0.39 is 5.60 Å². The van der Waals surface area contributed by atoms with Crippen LogP contribution < -0.4 is 10.6 Å². The maximum absolute atomic E-state index is 12.0. The van der Waals surface area contributed by atoms with Crippen LogP contribution in [-0.4, -0.2) is 28.5 Å². The van der Waals surface area contributed by atoms with Gasteiger partial charge in [0, 0.05) is 18.0 Å². The van der Waals surface area contributed by atoms with Gasteiger partial charge in [-0.05, 0) is 48.6 Å². The molecule has 4 nitrogen and oxygen atoms in total. The molecule has 5 heteroatoms. The summed E-state index contributed by atoms with van der Waals surface area (Å²) in [4.78, 5) is 12.0. The smallest absolute Gasteiger partial charge is 0.319 e. The van der Waals surface area contributed by atoms with Gasteiger partial charge >= 0.3 is 6.03 Å². The maximum Gasteiger partial charge on any atom is 0.319 e. The standard InChI is InChI=1S/C17H26N2O2S/c1-12(2)22-10-14-6-4-7-15(13(14)3)19-16(20)18-11-17(21)8-5-9-17/h4,6-7,12,21H,5,8-11H2,1-3H3,(H2,18,19,20). The van der Waals surface area contributed by atoms with Gasteiger partial charge in [-0.1, -0.05) is 26.0 Å². The number of nitrogens with one attached hydrogen (secondary N) is 2. The third-order valence-electron chi connectivity index (χ3n) is 4.13. The highest BCUT2D eigenvalue weighted by molar-refractivity contribution is 7.99. The topological polar surface area (TPSA) is 61.4 Å². The number of hydrogen-bond acceptors (Lipinski definition) is 3. The molecule has 3 N–H and O–H groups in total. The first-order chi connectivity index (χ1) is 10.4. The van der Waals surface area contributed by atoms with E-state index in [4.69, 9.17) is 0 Å². The summed E-state index contributed by atoms with van der Waals surface area (Å²) in [6.45, 7) is 6.72. The molecule has 122 valence electrons. The summed E-state index contributed by atoms with van der Waals surface area (Å²) in [6.07, 6.45) is 2.58. The molecule has 1 aromatic carbocycles. The van der Waals surface area contributed by atoms with Gasteiger partial charge in [-0.2, -0.15) is 11.8 Å². The summed E-state index contributed by atoms with van der Waals surface area (Å²) in [5.74, 6) is 0.945. The van der Waals surface area contributed by atoms with Crippen LogP contribution in [0.15, 0.2) is 18.2 Å². The predicted octanol–water partition coefficient (Wildman–Crippen LogP) is 3.67. The summed E-state index contributed by atoms with van der Waals surface area (Å²) in [5.41, 5.74) is 2.49. The minimum absolute atomic E-state index is 0.253. The van der Waals surface area contributed by atoms with Gasteiger partial charge in [0.25, 0.3) is 0 Å². The van der Waals surface area contributed by atoms with Crippen molar-refractivity contribution < 1.29 is 9.90 Å². The number of urea groups is 1. The molecule has 0 saturated heterocycles. The van der Waals surface area contributed by atoms with E-state index in [0.29, 0.717) is 11.8 Å². The Labute approximate surface area is 137 Å². The van der Waals surface area contributed by atoms with Crippen LogP contribution in [-0.2, 0) is 5.75 Å². The predicted molar refractivity (Wildman–Crippen MR) is 93.4 cm³/mol. The Morgan fingerprint density at radius 2 is 2.14 bits per heavy atom. The van der Waals surface area contributed by atoms with Crippen molar-refractivity contribution in [3.05, 3.63) is 29.3 Å². The van der Waals surface area contributed by atoms with E-state index in [2.05, 4.69) is 30.5 Å². The molecule has 2 rings (SSSR count). The van der Waals surface area contributed by atoms with Gasteiger partial charge in [-0.15, -0.1) is 0 Å². The molecule has 1 aromatic rings. The second kappa shape index (κ2) is 7.38. The highest BCUT2D eigenvalue weighted by Crippen LogP contribution is 2.30. The molecule has 0 atom stereocenters. The molecule has 0 aromatic heterocycles. The van der Waals surface area contributed by atoms with Gasteiger partial charge in [0.15, 0.2) is 0 Å². The van der Waals surface area contributed by atoms with Crippen molar-refractivity contribution in [3.63, 3.8) is 0 Å². The van der Waals surface area contributed by atoms with E-state index in [9.17, 15) is 9.90 Å². The summed E-state index contributed by atoms with van der Waals surface area (Å²) >= 11 is 1.89. The molecular formula is C17H26N2O2S. The van der Waals surface area contributed by atoms with Gasteiger partial charge in [0.05, 0.1) is 5.60 Å². The quantitative estimate of drug-likeness (QED) is 0.749. The van der Waals surface area contributed by atoms with Crippen molar-refractivity contribution in [1.29, 1.82) is 0 Å². The minimum atomic E-state index is -0.692. The largest absolute Gasteiger partial charge is 0.388 e. The number of carbonyl (C=O) groups is 1. The summed E-state index contributed by atoms with van der Waals surface area (Å²) in [5, 5.41) is 16.2. The maximum atomic E-state index is 12.0. The van der Waals surface area contributed by atoms with E-state index in [1.54, 1.807) is 0 Å². The Hall–Kier alpha value is -1.20.